The summed E-state index contributed by atoms with van der Waals surface area (Å²) in [5.41, 5.74) is 0.182. The summed E-state index contributed by atoms with van der Waals surface area (Å²) in [6.45, 7) is 7.00. The van der Waals surface area contributed by atoms with Crippen molar-refractivity contribution in [3.05, 3.63) is 34.3 Å². The summed E-state index contributed by atoms with van der Waals surface area (Å²) < 4.78 is 23.4. The molecule has 0 fully saturated rings. The maximum atomic E-state index is 12.4. The Hall–Kier alpha value is -1.41. The largest absolute Gasteiger partial charge is 0.464 e. The number of halogens is 1. The van der Waals surface area contributed by atoms with Crippen LogP contribution in [-0.4, -0.2) is 40.3 Å². The second-order valence-corrected chi connectivity index (χ2v) is 8.75. The maximum absolute atomic E-state index is 12.4. The summed E-state index contributed by atoms with van der Waals surface area (Å²) in [5, 5.41) is 2.45. The van der Waals surface area contributed by atoms with E-state index in [1.54, 1.807) is 27.7 Å². The van der Waals surface area contributed by atoms with Crippen LogP contribution in [0.4, 0.5) is 4.79 Å². The molecular weight excluding hydrogens is 410 g/mol. The van der Waals surface area contributed by atoms with Gasteiger partial charge in [0, 0.05) is 21.0 Å². The minimum atomic E-state index is -1.36. The zero-order chi connectivity index (χ0) is 19.0. The molecule has 8 heteroatoms. The number of carbonyl (C=O) groups excluding carboxylic acids is 2. The molecule has 0 saturated heterocycles. The molecule has 6 nitrogen and oxygen atoms in total. The van der Waals surface area contributed by atoms with Crippen molar-refractivity contribution in [2.75, 3.05) is 12.4 Å². The first kappa shape index (κ1) is 21.6. The van der Waals surface area contributed by atoms with Crippen LogP contribution in [0.25, 0.3) is 0 Å². The number of benzene rings is 1. The number of rotatable bonds is 7. The molecule has 0 radical (unpaired) electrons. The molecule has 140 valence electrons. The molecule has 0 saturated carbocycles. The molecule has 1 N–H and O–H groups in total. The number of nitrogens with one attached hydrogen (secondary N) is 1. The summed E-state index contributed by atoms with van der Waals surface area (Å²) >= 11 is 3.34. The fourth-order valence-electron chi connectivity index (χ4n) is 1.87. The van der Waals surface area contributed by atoms with Crippen LogP contribution in [0.1, 0.15) is 33.3 Å². The van der Waals surface area contributed by atoms with Crippen molar-refractivity contribution in [2.24, 2.45) is 0 Å². The standard InChI is InChI=1S/C17H24BrNO5S/c1-5-23-15(20)14(19-16(21)24-17(2,3)4)11-25(22)10-12-6-8-13(18)9-7-12/h6-9,14H,5,10-11H2,1-4H3,(H,19,21)/t14-,25+/m0/s1. The van der Waals surface area contributed by atoms with Crippen molar-refractivity contribution >= 4 is 38.8 Å². The van der Waals surface area contributed by atoms with Crippen molar-refractivity contribution in [1.82, 2.24) is 5.32 Å². The van der Waals surface area contributed by atoms with Crippen LogP contribution in [0.15, 0.2) is 28.7 Å². The summed E-state index contributed by atoms with van der Waals surface area (Å²) in [6, 6.07) is 6.39. The molecule has 0 aliphatic heterocycles. The first-order valence-corrected chi connectivity index (χ1v) is 10.1. The van der Waals surface area contributed by atoms with Gasteiger partial charge in [0.05, 0.1) is 12.4 Å². The lowest BCUT2D eigenvalue weighted by Gasteiger charge is -2.22. The molecule has 25 heavy (non-hydrogen) atoms. The van der Waals surface area contributed by atoms with Gasteiger partial charge in [-0.05, 0) is 45.4 Å². The molecule has 1 rings (SSSR count). The predicted octanol–water partition coefficient (Wildman–Crippen LogP) is 3.15. The number of amides is 1. The van der Waals surface area contributed by atoms with Gasteiger partial charge in [0.1, 0.15) is 11.6 Å². The molecule has 0 spiro atoms. The molecule has 1 amide bonds. The smallest absolute Gasteiger partial charge is 0.408 e. The lowest BCUT2D eigenvalue weighted by molar-refractivity contribution is -0.145. The van der Waals surface area contributed by atoms with E-state index >= 15 is 0 Å². The SMILES string of the molecule is CCOC(=O)[C@H](C[S@](=O)Cc1ccc(Br)cc1)NC(=O)OC(C)(C)C. The summed E-state index contributed by atoms with van der Waals surface area (Å²) in [5.74, 6) is -0.398. The van der Waals surface area contributed by atoms with Crippen LogP contribution < -0.4 is 5.32 Å². The van der Waals surface area contributed by atoms with Crippen LogP contribution in [0.5, 0.6) is 0 Å². The van der Waals surface area contributed by atoms with Gasteiger partial charge in [-0.3, -0.25) is 4.21 Å². The zero-order valence-electron chi connectivity index (χ0n) is 14.8. The highest BCUT2D eigenvalue weighted by Crippen LogP contribution is 2.13. The summed E-state index contributed by atoms with van der Waals surface area (Å²) in [7, 11) is -1.36. The lowest BCUT2D eigenvalue weighted by atomic mass is 10.2. The van der Waals surface area contributed by atoms with E-state index in [2.05, 4.69) is 21.2 Å². The Balaban J connectivity index is 2.71. The number of hydrogen-bond donors (Lipinski definition) is 1. The first-order chi connectivity index (χ1) is 11.6. The fourth-order valence-corrected chi connectivity index (χ4v) is 3.41. The van der Waals surface area contributed by atoms with E-state index in [0.717, 1.165) is 10.0 Å². The van der Waals surface area contributed by atoms with E-state index in [9.17, 15) is 13.8 Å². The van der Waals surface area contributed by atoms with Crippen LogP contribution in [0.2, 0.25) is 0 Å². The van der Waals surface area contributed by atoms with Gasteiger partial charge in [-0.1, -0.05) is 28.1 Å². The van der Waals surface area contributed by atoms with Crippen molar-refractivity contribution in [3.63, 3.8) is 0 Å². The first-order valence-electron chi connectivity index (χ1n) is 7.86. The minimum absolute atomic E-state index is 0.0475. The summed E-state index contributed by atoms with van der Waals surface area (Å²) in [6.07, 6.45) is -0.744. The van der Waals surface area contributed by atoms with Crippen molar-refractivity contribution in [3.8, 4) is 0 Å². The molecule has 0 aliphatic rings. The van der Waals surface area contributed by atoms with Gasteiger partial charge in [0.15, 0.2) is 0 Å². The average molecular weight is 434 g/mol. The topological polar surface area (TPSA) is 81.7 Å². The third kappa shape index (κ3) is 9.02. The van der Waals surface area contributed by atoms with E-state index in [1.165, 1.54) is 0 Å². The monoisotopic (exact) mass is 433 g/mol. The van der Waals surface area contributed by atoms with E-state index in [0.29, 0.717) is 0 Å². The van der Waals surface area contributed by atoms with Gasteiger partial charge >= 0.3 is 12.1 Å². The van der Waals surface area contributed by atoms with Crippen molar-refractivity contribution in [1.29, 1.82) is 0 Å². The Morgan fingerprint density at radius 1 is 1.24 bits per heavy atom. The fraction of sp³-hybridized carbons (Fsp3) is 0.529. The van der Waals surface area contributed by atoms with Crippen molar-refractivity contribution in [2.45, 2.75) is 45.1 Å². The lowest BCUT2D eigenvalue weighted by Crippen LogP contribution is -2.47. The van der Waals surface area contributed by atoms with Gasteiger partial charge < -0.3 is 14.8 Å². The van der Waals surface area contributed by atoms with Gasteiger partial charge in [0.25, 0.3) is 0 Å². The number of ether oxygens (including phenoxy) is 2. The molecule has 0 unspecified atom stereocenters. The van der Waals surface area contributed by atoms with E-state index in [4.69, 9.17) is 9.47 Å². The minimum Gasteiger partial charge on any atom is -0.464 e. The third-order valence-corrected chi connectivity index (χ3v) is 4.74. The molecule has 2 atom stereocenters. The molecule has 1 aromatic carbocycles. The highest BCUT2D eigenvalue weighted by Gasteiger charge is 2.27. The third-order valence-electron chi connectivity index (χ3n) is 2.86. The maximum Gasteiger partial charge on any atom is 0.408 e. The molecule has 0 aliphatic carbocycles. The number of hydrogen-bond acceptors (Lipinski definition) is 5. The quantitative estimate of drug-likeness (QED) is 0.667. The van der Waals surface area contributed by atoms with Gasteiger partial charge in [-0.25, -0.2) is 9.59 Å². The number of alkyl carbamates (subject to hydrolysis) is 1. The average Bonchev–Trinajstić information content (AvgIpc) is 2.47. The normalized spacial score (nSPS) is 13.6. The second kappa shape index (κ2) is 9.91. The highest BCUT2D eigenvalue weighted by molar-refractivity contribution is 9.10. The van der Waals surface area contributed by atoms with Gasteiger partial charge in [-0.15, -0.1) is 0 Å². The van der Waals surface area contributed by atoms with E-state index < -0.39 is 34.5 Å². The van der Waals surface area contributed by atoms with E-state index in [-0.39, 0.29) is 18.1 Å². The predicted molar refractivity (Wildman–Crippen MR) is 101 cm³/mol. The van der Waals surface area contributed by atoms with Crippen LogP contribution in [0, 0.1) is 0 Å². The Morgan fingerprint density at radius 3 is 2.36 bits per heavy atom. The van der Waals surface area contributed by atoms with Crippen LogP contribution in [0.3, 0.4) is 0 Å². The Kier molecular flexibility index (Phi) is 8.58. The van der Waals surface area contributed by atoms with Gasteiger partial charge in [0.2, 0.25) is 0 Å². The molecule has 0 aromatic heterocycles. The van der Waals surface area contributed by atoms with Gasteiger partial charge in [-0.2, -0.15) is 0 Å². The van der Waals surface area contributed by atoms with Crippen LogP contribution in [-0.2, 0) is 30.8 Å². The number of carbonyl (C=O) groups is 2. The molecular formula is C17H24BrNO5S. The zero-order valence-corrected chi connectivity index (χ0v) is 17.2. The Bertz CT molecular complexity index is 612. The Morgan fingerprint density at radius 2 is 1.84 bits per heavy atom. The molecule has 1 aromatic rings. The van der Waals surface area contributed by atoms with Crippen molar-refractivity contribution < 1.29 is 23.3 Å². The van der Waals surface area contributed by atoms with Crippen LogP contribution >= 0.6 is 15.9 Å². The molecule has 0 bridgehead atoms. The molecule has 0 heterocycles. The summed E-state index contributed by atoms with van der Waals surface area (Å²) in [4.78, 5) is 24.0. The van der Waals surface area contributed by atoms with E-state index in [1.807, 2.05) is 24.3 Å². The Labute approximate surface area is 159 Å². The second-order valence-electron chi connectivity index (χ2n) is 6.33. The number of esters is 1. The highest BCUT2D eigenvalue weighted by atomic mass is 79.9.